The van der Waals surface area contributed by atoms with Gasteiger partial charge in [-0.1, -0.05) is 13.8 Å². The van der Waals surface area contributed by atoms with Crippen LogP contribution < -0.4 is 10.1 Å². The maximum Gasteiger partial charge on any atom is 0.130 e. The van der Waals surface area contributed by atoms with Crippen LogP contribution in [0, 0.1) is 17.2 Å². The van der Waals surface area contributed by atoms with Crippen LogP contribution in [0.2, 0.25) is 0 Å². The molecule has 0 amide bonds. The van der Waals surface area contributed by atoms with Crippen LogP contribution >= 0.6 is 0 Å². The zero-order valence-electron chi connectivity index (χ0n) is 12.3. The molecule has 1 aromatic carbocycles. The predicted molar refractivity (Wildman–Crippen MR) is 78.8 cm³/mol. The number of nitriles is 1. The van der Waals surface area contributed by atoms with E-state index in [1.165, 1.54) is 0 Å². The van der Waals surface area contributed by atoms with Gasteiger partial charge < -0.3 is 14.8 Å². The minimum Gasteiger partial charge on any atom is -0.497 e. The van der Waals surface area contributed by atoms with Gasteiger partial charge in [0, 0.05) is 18.5 Å². The first kappa shape index (κ1) is 14.7. The maximum atomic E-state index is 9.61. The van der Waals surface area contributed by atoms with Crippen LogP contribution in [0.1, 0.15) is 26.7 Å². The van der Waals surface area contributed by atoms with Gasteiger partial charge in [0.15, 0.2) is 0 Å². The summed E-state index contributed by atoms with van der Waals surface area (Å²) in [7, 11) is 1.64. The third-order valence-electron chi connectivity index (χ3n) is 3.84. The van der Waals surface area contributed by atoms with E-state index >= 15 is 0 Å². The molecule has 0 spiro atoms. The van der Waals surface area contributed by atoms with E-state index in [4.69, 9.17) is 9.47 Å². The summed E-state index contributed by atoms with van der Waals surface area (Å²) in [5.74, 6) is 1.23. The molecule has 0 aromatic heterocycles. The molecule has 0 bridgehead atoms. The van der Waals surface area contributed by atoms with E-state index in [2.05, 4.69) is 25.2 Å². The fourth-order valence-electron chi connectivity index (χ4n) is 2.51. The van der Waals surface area contributed by atoms with Crippen molar-refractivity contribution in [2.24, 2.45) is 5.92 Å². The Morgan fingerprint density at radius 3 is 2.65 bits per heavy atom. The topological polar surface area (TPSA) is 54.3 Å². The van der Waals surface area contributed by atoms with Gasteiger partial charge in [0.05, 0.1) is 25.9 Å². The van der Waals surface area contributed by atoms with Crippen LogP contribution in [0.15, 0.2) is 24.3 Å². The summed E-state index contributed by atoms with van der Waals surface area (Å²) in [4.78, 5) is 0. The standard InChI is InChI=1S/C16H22N2O2/c1-12(2)15-10-16(11-17,8-9-20-15)18-13-4-6-14(19-3)7-5-13/h4-7,12,15,18H,8-10H2,1-3H3. The molecule has 0 aliphatic carbocycles. The number of rotatable bonds is 4. The van der Waals surface area contributed by atoms with Gasteiger partial charge in [-0.2, -0.15) is 5.26 Å². The van der Waals surface area contributed by atoms with Crippen LogP contribution in [0.25, 0.3) is 0 Å². The van der Waals surface area contributed by atoms with Crippen LogP contribution in [-0.2, 0) is 4.74 Å². The highest BCUT2D eigenvalue weighted by molar-refractivity contribution is 5.50. The lowest BCUT2D eigenvalue weighted by Gasteiger charge is -2.38. The van der Waals surface area contributed by atoms with Crippen molar-refractivity contribution in [1.29, 1.82) is 5.26 Å². The van der Waals surface area contributed by atoms with Gasteiger partial charge in [-0.05, 0) is 30.2 Å². The molecule has 4 nitrogen and oxygen atoms in total. The van der Waals surface area contributed by atoms with Gasteiger partial charge in [0.25, 0.3) is 0 Å². The second-order valence-corrected chi connectivity index (χ2v) is 5.65. The smallest absolute Gasteiger partial charge is 0.130 e. The molecular weight excluding hydrogens is 252 g/mol. The molecule has 1 fully saturated rings. The summed E-state index contributed by atoms with van der Waals surface area (Å²) < 4.78 is 10.9. The molecular formula is C16H22N2O2. The average molecular weight is 274 g/mol. The molecule has 2 rings (SSSR count). The highest BCUT2D eigenvalue weighted by Gasteiger charge is 2.38. The van der Waals surface area contributed by atoms with Gasteiger partial charge in [0.1, 0.15) is 11.3 Å². The summed E-state index contributed by atoms with van der Waals surface area (Å²) in [5, 5.41) is 13.0. The minimum atomic E-state index is -0.540. The second-order valence-electron chi connectivity index (χ2n) is 5.65. The van der Waals surface area contributed by atoms with Crippen LogP contribution in [-0.4, -0.2) is 25.4 Å². The summed E-state index contributed by atoms with van der Waals surface area (Å²) in [5.41, 5.74) is 0.402. The van der Waals surface area contributed by atoms with Crippen molar-refractivity contribution in [3.05, 3.63) is 24.3 Å². The Hall–Kier alpha value is -1.73. The van der Waals surface area contributed by atoms with Crippen molar-refractivity contribution in [3.63, 3.8) is 0 Å². The quantitative estimate of drug-likeness (QED) is 0.916. The Morgan fingerprint density at radius 2 is 2.10 bits per heavy atom. The van der Waals surface area contributed by atoms with E-state index in [9.17, 15) is 5.26 Å². The summed E-state index contributed by atoms with van der Waals surface area (Å²) >= 11 is 0. The molecule has 0 radical (unpaired) electrons. The normalized spacial score (nSPS) is 26.1. The molecule has 1 aliphatic heterocycles. The van der Waals surface area contributed by atoms with Gasteiger partial charge in [-0.25, -0.2) is 0 Å². The van der Waals surface area contributed by atoms with Gasteiger partial charge >= 0.3 is 0 Å². The number of anilines is 1. The Labute approximate surface area is 120 Å². The van der Waals surface area contributed by atoms with Crippen LogP contribution in [0.4, 0.5) is 5.69 Å². The Morgan fingerprint density at radius 1 is 1.40 bits per heavy atom. The molecule has 108 valence electrons. The van der Waals surface area contributed by atoms with Gasteiger partial charge in [0.2, 0.25) is 0 Å². The average Bonchev–Trinajstić information content (AvgIpc) is 2.48. The SMILES string of the molecule is COc1ccc(NC2(C#N)CCOC(C(C)C)C2)cc1. The lowest BCUT2D eigenvalue weighted by atomic mass is 9.84. The lowest BCUT2D eigenvalue weighted by Crippen LogP contribution is -2.47. The van der Waals surface area contributed by atoms with E-state index in [-0.39, 0.29) is 6.10 Å². The van der Waals surface area contributed by atoms with Crippen molar-refractivity contribution >= 4 is 5.69 Å². The zero-order valence-corrected chi connectivity index (χ0v) is 12.3. The fraction of sp³-hybridized carbons (Fsp3) is 0.562. The third kappa shape index (κ3) is 3.23. The number of nitrogens with zero attached hydrogens (tertiary/aromatic N) is 1. The minimum absolute atomic E-state index is 0.133. The number of hydrogen-bond donors (Lipinski definition) is 1. The highest BCUT2D eigenvalue weighted by atomic mass is 16.5. The number of nitrogens with one attached hydrogen (secondary N) is 1. The highest BCUT2D eigenvalue weighted by Crippen LogP contribution is 2.31. The number of benzene rings is 1. The maximum absolute atomic E-state index is 9.61. The van der Waals surface area contributed by atoms with E-state index in [0.717, 1.165) is 11.4 Å². The molecule has 1 saturated heterocycles. The Balaban J connectivity index is 2.12. The number of ether oxygens (including phenoxy) is 2. The van der Waals surface area contributed by atoms with E-state index < -0.39 is 5.54 Å². The first-order valence-electron chi connectivity index (χ1n) is 7.04. The molecule has 0 saturated carbocycles. The lowest BCUT2D eigenvalue weighted by molar-refractivity contribution is -0.0272. The summed E-state index contributed by atoms with van der Waals surface area (Å²) in [6.07, 6.45) is 1.56. The van der Waals surface area contributed by atoms with E-state index in [1.54, 1.807) is 7.11 Å². The molecule has 2 atom stereocenters. The molecule has 2 unspecified atom stereocenters. The fourth-order valence-corrected chi connectivity index (χ4v) is 2.51. The van der Waals surface area contributed by atoms with Crippen molar-refractivity contribution in [1.82, 2.24) is 0 Å². The largest absolute Gasteiger partial charge is 0.497 e. The van der Waals surface area contributed by atoms with E-state index in [0.29, 0.717) is 25.4 Å². The van der Waals surface area contributed by atoms with Crippen molar-refractivity contribution in [2.45, 2.75) is 38.3 Å². The first-order valence-corrected chi connectivity index (χ1v) is 7.04. The van der Waals surface area contributed by atoms with Gasteiger partial charge in [-0.3, -0.25) is 0 Å². The van der Waals surface area contributed by atoms with Gasteiger partial charge in [-0.15, -0.1) is 0 Å². The molecule has 1 aliphatic rings. The molecule has 1 N–H and O–H groups in total. The predicted octanol–water partition coefficient (Wildman–Crippen LogP) is 3.20. The monoisotopic (exact) mass is 274 g/mol. The Kier molecular flexibility index (Phi) is 4.51. The third-order valence-corrected chi connectivity index (χ3v) is 3.84. The molecule has 1 aromatic rings. The van der Waals surface area contributed by atoms with E-state index in [1.807, 2.05) is 24.3 Å². The summed E-state index contributed by atoms with van der Waals surface area (Å²) in [6.45, 7) is 4.89. The molecule has 20 heavy (non-hydrogen) atoms. The Bertz CT molecular complexity index is 478. The first-order chi connectivity index (χ1) is 9.58. The zero-order chi connectivity index (χ0) is 14.6. The molecule has 4 heteroatoms. The van der Waals surface area contributed by atoms with Crippen molar-refractivity contribution in [2.75, 3.05) is 19.0 Å². The summed E-state index contributed by atoms with van der Waals surface area (Å²) in [6, 6.07) is 10.1. The van der Waals surface area contributed by atoms with Crippen LogP contribution in [0.5, 0.6) is 5.75 Å². The number of hydrogen-bond acceptors (Lipinski definition) is 4. The van der Waals surface area contributed by atoms with Crippen LogP contribution in [0.3, 0.4) is 0 Å². The van der Waals surface area contributed by atoms with Crippen molar-refractivity contribution < 1.29 is 9.47 Å². The van der Waals surface area contributed by atoms with Crippen molar-refractivity contribution in [3.8, 4) is 11.8 Å². The molecule has 1 heterocycles. The number of methoxy groups -OCH3 is 1. The second kappa shape index (κ2) is 6.15.